The van der Waals surface area contributed by atoms with Crippen molar-refractivity contribution in [1.82, 2.24) is 19.9 Å². The molecule has 0 unspecified atom stereocenters. The standard InChI is InChI=1S/C11H14N4O2S/c1-8-6-18-11(17)15(8)5-10(16)13-3-2-9-4-12-7-14-9/h4,6-7H,2-3,5H2,1H3,(H,12,14)(H,13,16). The number of imidazole rings is 1. The molecule has 0 radical (unpaired) electrons. The molecule has 6 nitrogen and oxygen atoms in total. The Kier molecular flexibility index (Phi) is 3.93. The summed E-state index contributed by atoms with van der Waals surface area (Å²) >= 11 is 1.11. The summed E-state index contributed by atoms with van der Waals surface area (Å²) < 4.78 is 1.47. The van der Waals surface area contributed by atoms with E-state index < -0.39 is 0 Å². The van der Waals surface area contributed by atoms with Crippen molar-refractivity contribution in [3.8, 4) is 0 Å². The van der Waals surface area contributed by atoms with E-state index in [1.165, 1.54) is 4.57 Å². The molecule has 18 heavy (non-hydrogen) atoms. The average Bonchev–Trinajstić information content (AvgIpc) is 2.94. The van der Waals surface area contributed by atoms with Crippen LogP contribution < -0.4 is 10.2 Å². The summed E-state index contributed by atoms with van der Waals surface area (Å²) in [6, 6.07) is 0. The van der Waals surface area contributed by atoms with Crippen molar-refractivity contribution in [2.45, 2.75) is 19.9 Å². The van der Waals surface area contributed by atoms with Crippen LogP contribution in [0.2, 0.25) is 0 Å². The van der Waals surface area contributed by atoms with Gasteiger partial charge in [-0.2, -0.15) is 0 Å². The molecule has 0 saturated carbocycles. The second-order valence-electron chi connectivity index (χ2n) is 3.91. The molecule has 0 bridgehead atoms. The molecule has 0 aliphatic carbocycles. The Morgan fingerprint density at radius 3 is 3.06 bits per heavy atom. The molecule has 2 aromatic rings. The van der Waals surface area contributed by atoms with Gasteiger partial charge in [0.2, 0.25) is 5.91 Å². The number of aromatic nitrogens is 3. The zero-order valence-electron chi connectivity index (χ0n) is 9.97. The zero-order chi connectivity index (χ0) is 13.0. The van der Waals surface area contributed by atoms with Crippen LogP contribution >= 0.6 is 11.3 Å². The van der Waals surface area contributed by atoms with Crippen LogP contribution in [0.1, 0.15) is 11.4 Å². The van der Waals surface area contributed by atoms with Gasteiger partial charge in [0, 0.05) is 35.9 Å². The normalized spacial score (nSPS) is 10.5. The Labute approximate surface area is 108 Å². The summed E-state index contributed by atoms with van der Waals surface area (Å²) in [7, 11) is 0. The third-order valence-corrected chi connectivity index (χ3v) is 3.43. The number of thiazole rings is 1. The summed E-state index contributed by atoms with van der Waals surface area (Å²) in [6.45, 7) is 2.42. The third-order valence-electron chi connectivity index (χ3n) is 2.55. The summed E-state index contributed by atoms with van der Waals surface area (Å²) in [5, 5.41) is 4.52. The molecule has 0 aliphatic rings. The Hall–Kier alpha value is -1.89. The van der Waals surface area contributed by atoms with Gasteiger partial charge < -0.3 is 10.3 Å². The van der Waals surface area contributed by atoms with E-state index >= 15 is 0 Å². The van der Waals surface area contributed by atoms with Gasteiger partial charge in [0.1, 0.15) is 6.54 Å². The van der Waals surface area contributed by atoms with Crippen molar-refractivity contribution in [1.29, 1.82) is 0 Å². The second-order valence-corrected chi connectivity index (χ2v) is 4.73. The second kappa shape index (κ2) is 5.63. The Morgan fingerprint density at radius 2 is 2.44 bits per heavy atom. The minimum atomic E-state index is -0.155. The molecule has 0 spiro atoms. The van der Waals surface area contributed by atoms with E-state index in [1.54, 1.807) is 17.9 Å². The molecule has 96 valence electrons. The lowest BCUT2D eigenvalue weighted by molar-refractivity contribution is -0.121. The average molecular weight is 266 g/mol. The van der Waals surface area contributed by atoms with Crippen LogP contribution in [0.5, 0.6) is 0 Å². The minimum absolute atomic E-state index is 0.0805. The van der Waals surface area contributed by atoms with Gasteiger partial charge >= 0.3 is 4.87 Å². The number of hydrogen-bond acceptors (Lipinski definition) is 4. The molecule has 0 atom stereocenters. The van der Waals surface area contributed by atoms with Crippen LogP contribution in [0.25, 0.3) is 0 Å². The summed E-state index contributed by atoms with van der Waals surface area (Å²) in [5.74, 6) is -0.155. The number of nitrogens with one attached hydrogen (secondary N) is 2. The molecule has 0 aliphatic heterocycles. The predicted octanol–water partition coefficient (Wildman–Crippen LogP) is 0.300. The van der Waals surface area contributed by atoms with Crippen molar-refractivity contribution in [3.63, 3.8) is 0 Å². The van der Waals surface area contributed by atoms with Crippen molar-refractivity contribution >= 4 is 17.2 Å². The fourth-order valence-corrected chi connectivity index (χ4v) is 2.29. The fraction of sp³-hybridized carbons (Fsp3) is 0.364. The van der Waals surface area contributed by atoms with E-state index in [4.69, 9.17) is 0 Å². The fourth-order valence-electron chi connectivity index (χ4n) is 1.55. The highest BCUT2D eigenvalue weighted by atomic mass is 32.1. The number of aromatic amines is 1. The molecule has 7 heteroatoms. The number of nitrogens with zero attached hydrogens (tertiary/aromatic N) is 2. The first kappa shape index (κ1) is 12.6. The molecule has 2 N–H and O–H groups in total. The van der Waals surface area contributed by atoms with Crippen LogP contribution in [-0.4, -0.2) is 27.0 Å². The summed E-state index contributed by atoms with van der Waals surface area (Å²) in [6.07, 6.45) is 4.02. The lowest BCUT2D eigenvalue weighted by Gasteiger charge is -2.06. The highest BCUT2D eigenvalue weighted by molar-refractivity contribution is 7.07. The SMILES string of the molecule is Cc1csc(=O)n1CC(=O)NCCc1cnc[nH]1. The molecule has 2 aromatic heterocycles. The number of aryl methyl sites for hydroxylation is 1. The highest BCUT2D eigenvalue weighted by Gasteiger charge is 2.07. The monoisotopic (exact) mass is 266 g/mol. The topological polar surface area (TPSA) is 79.8 Å². The molecular formula is C11H14N4O2S. The Morgan fingerprint density at radius 1 is 1.61 bits per heavy atom. The molecule has 1 amide bonds. The number of carbonyl (C=O) groups excluding carboxylic acids is 1. The van der Waals surface area contributed by atoms with E-state index in [0.717, 1.165) is 22.7 Å². The van der Waals surface area contributed by atoms with Crippen molar-refractivity contribution in [3.05, 3.63) is 39.0 Å². The van der Waals surface area contributed by atoms with Gasteiger partial charge in [-0.05, 0) is 6.92 Å². The first-order chi connectivity index (χ1) is 8.66. The number of amides is 1. The summed E-state index contributed by atoms with van der Waals surface area (Å²) in [4.78, 5) is 29.8. The van der Waals surface area contributed by atoms with Gasteiger partial charge in [-0.3, -0.25) is 14.2 Å². The minimum Gasteiger partial charge on any atom is -0.354 e. The number of carbonyl (C=O) groups is 1. The Balaban J connectivity index is 1.81. The number of rotatable bonds is 5. The van der Waals surface area contributed by atoms with Crippen molar-refractivity contribution in [2.75, 3.05) is 6.54 Å². The maximum Gasteiger partial charge on any atom is 0.307 e. The van der Waals surface area contributed by atoms with E-state index in [2.05, 4.69) is 15.3 Å². The van der Waals surface area contributed by atoms with Gasteiger partial charge in [-0.1, -0.05) is 11.3 Å². The number of H-pyrrole nitrogens is 1. The molecule has 2 heterocycles. The molecule has 0 aromatic carbocycles. The largest absolute Gasteiger partial charge is 0.354 e. The third kappa shape index (κ3) is 3.07. The Bertz CT molecular complexity index is 570. The van der Waals surface area contributed by atoms with E-state index in [9.17, 15) is 9.59 Å². The quantitative estimate of drug-likeness (QED) is 0.817. The first-order valence-corrected chi connectivity index (χ1v) is 6.43. The number of hydrogen-bond donors (Lipinski definition) is 2. The lowest BCUT2D eigenvalue weighted by Crippen LogP contribution is -2.32. The maximum atomic E-state index is 11.7. The van der Waals surface area contributed by atoms with Crippen LogP contribution in [0.4, 0.5) is 0 Å². The van der Waals surface area contributed by atoms with E-state index in [1.807, 2.05) is 6.92 Å². The van der Waals surface area contributed by atoms with Gasteiger partial charge in [-0.15, -0.1) is 0 Å². The van der Waals surface area contributed by atoms with Crippen molar-refractivity contribution in [2.24, 2.45) is 0 Å². The van der Waals surface area contributed by atoms with Gasteiger partial charge in [0.25, 0.3) is 0 Å². The van der Waals surface area contributed by atoms with Gasteiger partial charge in [0.15, 0.2) is 0 Å². The highest BCUT2D eigenvalue weighted by Crippen LogP contribution is 1.98. The smallest absolute Gasteiger partial charge is 0.307 e. The molecule has 0 fully saturated rings. The van der Waals surface area contributed by atoms with E-state index in [0.29, 0.717) is 13.0 Å². The molecule has 2 rings (SSSR count). The van der Waals surface area contributed by atoms with E-state index in [-0.39, 0.29) is 17.3 Å². The van der Waals surface area contributed by atoms with Gasteiger partial charge in [0.05, 0.1) is 6.33 Å². The molecular weight excluding hydrogens is 252 g/mol. The van der Waals surface area contributed by atoms with Crippen molar-refractivity contribution < 1.29 is 4.79 Å². The van der Waals surface area contributed by atoms with Gasteiger partial charge in [-0.25, -0.2) is 4.98 Å². The molecule has 0 saturated heterocycles. The lowest BCUT2D eigenvalue weighted by atomic mass is 10.3. The predicted molar refractivity (Wildman–Crippen MR) is 68.6 cm³/mol. The summed E-state index contributed by atoms with van der Waals surface area (Å²) in [5.41, 5.74) is 1.79. The van der Waals surface area contributed by atoms with Crippen LogP contribution in [0, 0.1) is 6.92 Å². The van der Waals surface area contributed by atoms with Crippen LogP contribution in [0.15, 0.2) is 22.7 Å². The van der Waals surface area contributed by atoms with Crippen LogP contribution in [0.3, 0.4) is 0 Å². The maximum absolute atomic E-state index is 11.7. The first-order valence-electron chi connectivity index (χ1n) is 5.55. The zero-order valence-corrected chi connectivity index (χ0v) is 10.8. The van der Waals surface area contributed by atoms with Crippen LogP contribution in [-0.2, 0) is 17.8 Å².